The van der Waals surface area contributed by atoms with Gasteiger partial charge >= 0.3 is 6.03 Å². The minimum atomic E-state index is -4.32. The zero-order valence-corrected chi connectivity index (χ0v) is 27.3. The number of nitrogens with zero attached hydrogens (tertiary/aromatic N) is 5. The summed E-state index contributed by atoms with van der Waals surface area (Å²) in [6.07, 6.45) is 0. The lowest BCUT2D eigenvalue weighted by Crippen LogP contribution is -2.45. The van der Waals surface area contributed by atoms with Gasteiger partial charge in [0.25, 0.3) is 5.91 Å². The predicted octanol–water partition coefficient (Wildman–Crippen LogP) is 3.04. The quantitative estimate of drug-likeness (QED) is 0.363. The van der Waals surface area contributed by atoms with Gasteiger partial charge in [0.05, 0.1) is 29.4 Å². The molecule has 2 fully saturated rings. The summed E-state index contributed by atoms with van der Waals surface area (Å²) in [7, 11) is -2.26. The van der Waals surface area contributed by atoms with E-state index < -0.39 is 37.9 Å². The highest BCUT2D eigenvalue weighted by Gasteiger charge is 2.41. The number of aromatic nitrogens is 2. The van der Waals surface area contributed by atoms with E-state index >= 15 is 0 Å². The van der Waals surface area contributed by atoms with E-state index in [9.17, 15) is 26.8 Å². The van der Waals surface area contributed by atoms with Gasteiger partial charge in [0.15, 0.2) is 5.82 Å². The van der Waals surface area contributed by atoms with Crippen molar-refractivity contribution in [2.24, 2.45) is 0 Å². The molecule has 0 radical (unpaired) electrons. The zero-order valence-electron chi connectivity index (χ0n) is 26.5. The van der Waals surface area contributed by atoms with Crippen molar-refractivity contribution in [1.82, 2.24) is 24.3 Å². The standard InChI is InChI=1S/C31H38F2N8O5S/c1-31(2)19-41(47(44,45)23-15-20(32)14-21(33)16-23)18-25-27(31)36-37-28(25)35-29(42)24-5-4-22(39-8-6-38(3)7-9-39)17-26(24)34-30(43)40-10-12-46-13-11-40/h4-5,14-17H,6-13,18-19H2,1-3H3,(H,34,43)(H2,35,36,37,42). The number of hydrogen-bond donors (Lipinski definition) is 3. The predicted molar refractivity (Wildman–Crippen MR) is 171 cm³/mol. The Kier molecular flexibility index (Phi) is 8.95. The van der Waals surface area contributed by atoms with E-state index in [-0.39, 0.29) is 30.5 Å². The van der Waals surface area contributed by atoms with E-state index in [1.165, 1.54) is 0 Å². The largest absolute Gasteiger partial charge is 0.378 e. The molecule has 4 heterocycles. The summed E-state index contributed by atoms with van der Waals surface area (Å²) in [6.45, 7) is 8.41. The lowest BCUT2D eigenvalue weighted by molar-refractivity contribution is 0.0564. The van der Waals surface area contributed by atoms with Crippen molar-refractivity contribution in [3.05, 3.63) is 64.9 Å². The third-order valence-electron chi connectivity index (χ3n) is 8.81. The van der Waals surface area contributed by atoms with Crippen LogP contribution in [0.1, 0.15) is 35.5 Å². The Morgan fingerprint density at radius 3 is 2.32 bits per heavy atom. The molecule has 3 aliphatic heterocycles. The SMILES string of the molecule is CN1CCN(c2ccc(C(=O)Nc3n[nH]c4c3CN(S(=O)(=O)c3cc(F)cc(F)c3)CC4(C)C)c(NC(=O)N3CCOCC3)c2)CC1. The number of morpholine rings is 1. The fourth-order valence-electron chi connectivity index (χ4n) is 6.16. The van der Waals surface area contributed by atoms with Crippen LogP contribution in [0.25, 0.3) is 0 Å². The van der Waals surface area contributed by atoms with Crippen LogP contribution in [-0.2, 0) is 26.7 Å². The van der Waals surface area contributed by atoms with Gasteiger partial charge in [0.2, 0.25) is 10.0 Å². The van der Waals surface area contributed by atoms with Crippen molar-refractivity contribution in [2.75, 3.05) is 81.6 Å². The molecule has 3 amide bonds. The van der Waals surface area contributed by atoms with Gasteiger partial charge in [0, 0.05) is 80.8 Å². The van der Waals surface area contributed by atoms with Gasteiger partial charge in [-0.2, -0.15) is 9.40 Å². The molecule has 47 heavy (non-hydrogen) atoms. The van der Waals surface area contributed by atoms with Gasteiger partial charge in [-0.3, -0.25) is 9.89 Å². The number of nitrogens with one attached hydrogen (secondary N) is 3. The monoisotopic (exact) mass is 672 g/mol. The second kappa shape index (κ2) is 12.8. The normalized spacial score (nSPS) is 18.9. The van der Waals surface area contributed by atoms with E-state index in [1.807, 2.05) is 6.07 Å². The molecule has 0 bridgehead atoms. The van der Waals surface area contributed by atoms with Crippen LogP contribution in [0.5, 0.6) is 0 Å². The van der Waals surface area contributed by atoms with E-state index in [1.54, 1.807) is 30.9 Å². The van der Waals surface area contributed by atoms with Gasteiger partial charge in [-0.1, -0.05) is 13.8 Å². The Morgan fingerprint density at radius 2 is 1.64 bits per heavy atom. The third kappa shape index (κ3) is 6.81. The molecule has 3 aliphatic rings. The van der Waals surface area contributed by atoms with Crippen molar-refractivity contribution in [3.8, 4) is 0 Å². The van der Waals surface area contributed by atoms with Crippen molar-refractivity contribution >= 4 is 39.2 Å². The van der Waals surface area contributed by atoms with E-state index in [2.05, 4.69) is 37.7 Å². The molecule has 0 aliphatic carbocycles. The Bertz CT molecular complexity index is 1770. The van der Waals surface area contributed by atoms with Gasteiger partial charge < -0.3 is 30.1 Å². The minimum absolute atomic E-state index is 0.00151. The first kappa shape index (κ1) is 32.8. The number of likely N-dealkylation sites (N-methyl/N-ethyl adjacent to an activating group) is 1. The molecule has 3 aromatic rings. The Morgan fingerprint density at radius 1 is 0.957 bits per heavy atom. The first-order valence-electron chi connectivity index (χ1n) is 15.4. The summed E-state index contributed by atoms with van der Waals surface area (Å²) >= 11 is 0. The summed E-state index contributed by atoms with van der Waals surface area (Å²) < 4.78 is 61.5. The van der Waals surface area contributed by atoms with Gasteiger partial charge in [0.1, 0.15) is 11.6 Å². The number of H-pyrrole nitrogens is 1. The summed E-state index contributed by atoms with van der Waals surface area (Å²) in [5.41, 5.74) is 1.62. The smallest absolute Gasteiger partial charge is 0.322 e. The molecule has 252 valence electrons. The number of piperazine rings is 1. The second-order valence-corrected chi connectivity index (χ2v) is 14.6. The van der Waals surface area contributed by atoms with E-state index in [0.717, 1.165) is 48.3 Å². The highest BCUT2D eigenvalue weighted by Crippen LogP contribution is 2.38. The fourth-order valence-corrected chi connectivity index (χ4v) is 7.77. The maximum Gasteiger partial charge on any atom is 0.322 e. The van der Waals surface area contributed by atoms with Crippen molar-refractivity contribution in [1.29, 1.82) is 0 Å². The number of urea groups is 1. The van der Waals surface area contributed by atoms with Crippen LogP contribution >= 0.6 is 0 Å². The molecule has 0 unspecified atom stereocenters. The lowest BCUT2D eigenvalue weighted by atomic mass is 9.84. The first-order chi connectivity index (χ1) is 22.3. The number of halogens is 2. The molecule has 0 atom stereocenters. The molecular formula is C31H38F2N8O5S. The molecule has 0 saturated carbocycles. The molecule has 2 saturated heterocycles. The summed E-state index contributed by atoms with van der Waals surface area (Å²) in [6, 6.07) is 7.07. The third-order valence-corrected chi connectivity index (χ3v) is 10.6. The second-order valence-electron chi connectivity index (χ2n) is 12.7. The average Bonchev–Trinajstić information content (AvgIpc) is 3.44. The number of amides is 3. The average molecular weight is 673 g/mol. The Hall–Kier alpha value is -4.12. The van der Waals surface area contributed by atoms with Gasteiger partial charge in [-0.25, -0.2) is 22.0 Å². The van der Waals surface area contributed by atoms with Crippen molar-refractivity contribution in [2.45, 2.75) is 30.7 Å². The number of sulfonamides is 1. The minimum Gasteiger partial charge on any atom is -0.378 e. The van der Waals surface area contributed by atoms with Crippen LogP contribution in [0.4, 0.5) is 30.8 Å². The van der Waals surface area contributed by atoms with Crippen LogP contribution in [0, 0.1) is 11.6 Å². The fraction of sp³-hybridized carbons (Fsp3) is 0.452. The van der Waals surface area contributed by atoms with Gasteiger partial charge in [-0.05, 0) is 37.4 Å². The van der Waals surface area contributed by atoms with Crippen LogP contribution in [0.2, 0.25) is 0 Å². The van der Waals surface area contributed by atoms with E-state index in [0.29, 0.717) is 49.3 Å². The topological polar surface area (TPSA) is 143 Å². The van der Waals surface area contributed by atoms with Crippen LogP contribution in [0.3, 0.4) is 0 Å². The molecule has 16 heteroatoms. The number of ether oxygens (including phenoxy) is 1. The zero-order chi connectivity index (χ0) is 33.5. The number of hydrogen-bond acceptors (Lipinski definition) is 8. The number of fused-ring (bicyclic) bond motifs is 1. The summed E-state index contributed by atoms with van der Waals surface area (Å²) in [5, 5.41) is 13.0. The first-order valence-corrected chi connectivity index (χ1v) is 16.8. The number of anilines is 3. The van der Waals surface area contributed by atoms with Crippen LogP contribution in [-0.4, -0.2) is 111 Å². The van der Waals surface area contributed by atoms with Crippen molar-refractivity contribution < 1.29 is 31.5 Å². The Balaban J connectivity index is 1.29. The summed E-state index contributed by atoms with van der Waals surface area (Å²) in [5.74, 6) is -2.47. The number of rotatable bonds is 6. The number of carbonyl (C=O) groups is 2. The Labute approximate surface area is 271 Å². The highest BCUT2D eigenvalue weighted by molar-refractivity contribution is 7.89. The molecule has 13 nitrogen and oxygen atoms in total. The molecule has 3 N–H and O–H groups in total. The molecule has 1 aromatic heterocycles. The maximum atomic E-state index is 14.0. The number of carbonyl (C=O) groups excluding carboxylic acids is 2. The highest BCUT2D eigenvalue weighted by atomic mass is 32.2. The van der Waals surface area contributed by atoms with Crippen molar-refractivity contribution in [3.63, 3.8) is 0 Å². The number of benzene rings is 2. The lowest BCUT2D eigenvalue weighted by Gasteiger charge is -2.36. The van der Waals surface area contributed by atoms with Crippen LogP contribution in [0.15, 0.2) is 41.3 Å². The van der Waals surface area contributed by atoms with E-state index in [4.69, 9.17) is 4.74 Å². The summed E-state index contributed by atoms with van der Waals surface area (Å²) in [4.78, 5) is 32.6. The molecule has 0 spiro atoms. The van der Waals surface area contributed by atoms with Crippen LogP contribution < -0.4 is 15.5 Å². The maximum absolute atomic E-state index is 14.0. The van der Waals surface area contributed by atoms with Gasteiger partial charge in [-0.15, -0.1) is 0 Å². The molecule has 6 rings (SSSR count). The molecular weight excluding hydrogens is 634 g/mol. The molecule has 2 aromatic carbocycles. The number of aromatic amines is 1.